The van der Waals surface area contributed by atoms with E-state index in [9.17, 15) is 20.1 Å². The van der Waals surface area contributed by atoms with Crippen molar-refractivity contribution >= 4 is 16.8 Å². The van der Waals surface area contributed by atoms with Crippen LogP contribution in [-0.2, 0) is 9.53 Å². The standard InChI is InChI=1S/C16H20N2O6/c1-8(20)17-13-15(22)14(21)11(7-19)23-16(13)24-12-6-9-4-2-3-5-10(9)18-12/h2-6,11,13-16,18-19,21-22H,7H2,1H3,(H,17,20)/t11-,13-,14-,15-,16+/m1/s1. The molecule has 1 amide bonds. The Labute approximate surface area is 138 Å². The smallest absolute Gasteiger partial charge is 0.225 e. The van der Waals surface area contributed by atoms with Crippen LogP contribution in [0.4, 0.5) is 0 Å². The van der Waals surface area contributed by atoms with Crippen LogP contribution in [0, 0.1) is 0 Å². The van der Waals surface area contributed by atoms with Crippen molar-refractivity contribution in [2.45, 2.75) is 37.6 Å². The minimum absolute atomic E-state index is 0.386. The number of hydrogen-bond donors (Lipinski definition) is 5. The number of nitrogens with one attached hydrogen (secondary N) is 2. The number of carbonyl (C=O) groups is 1. The van der Waals surface area contributed by atoms with Crippen molar-refractivity contribution in [2.24, 2.45) is 0 Å². The predicted molar refractivity (Wildman–Crippen MR) is 84.3 cm³/mol. The van der Waals surface area contributed by atoms with Crippen molar-refractivity contribution in [2.75, 3.05) is 6.61 Å². The summed E-state index contributed by atoms with van der Waals surface area (Å²) in [5.74, 6) is -0.0145. The van der Waals surface area contributed by atoms with Gasteiger partial charge in [0.15, 0.2) is 5.88 Å². The Morgan fingerprint density at radius 3 is 2.75 bits per heavy atom. The van der Waals surface area contributed by atoms with Crippen molar-refractivity contribution in [1.29, 1.82) is 0 Å². The molecule has 8 heteroatoms. The lowest BCUT2D eigenvalue weighted by Crippen LogP contribution is -2.65. The minimum Gasteiger partial charge on any atom is -0.447 e. The molecule has 24 heavy (non-hydrogen) atoms. The molecule has 130 valence electrons. The number of H-pyrrole nitrogens is 1. The summed E-state index contributed by atoms with van der Waals surface area (Å²) >= 11 is 0. The number of ether oxygens (including phenoxy) is 2. The third-order valence-electron chi connectivity index (χ3n) is 4.00. The van der Waals surface area contributed by atoms with E-state index in [-0.39, 0.29) is 0 Å². The Morgan fingerprint density at radius 2 is 2.08 bits per heavy atom. The van der Waals surface area contributed by atoms with E-state index in [1.807, 2.05) is 24.3 Å². The fraction of sp³-hybridized carbons (Fsp3) is 0.438. The third-order valence-corrected chi connectivity index (χ3v) is 4.00. The first-order valence-electron chi connectivity index (χ1n) is 7.63. The van der Waals surface area contributed by atoms with E-state index in [4.69, 9.17) is 9.47 Å². The van der Waals surface area contributed by atoms with E-state index >= 15 is 0 Å². The fourth-order valence-corrected chi connectivity index (χ4v) is 2.81. The third kappa shape index (κ3) is 3.22. The molecule has 1 saturated heterocycles. The molecule has 0 aliphatic carbocycles. The number of aliphatic hydroxyl groups is 3. The normalized spacial score (nSPS) is 30.2. The maximum atomic E-state index is 11.4. The van der Waals surface area contributed by atoms with Gasteiger partial charge in [-0.05, 0) is 6.07 Å². The Morgan fingerprint density at radius 1 is 1.33 bits per heavy atom. The van der Waals surface area contributed by atoms with E-state index < -0.39 is 43.2 Å². The van der Waals surface area contributed by atoms with Crippen molar-refractivity contribution < 1.29 is 29.6 Å². The molecule has 3 rings (SSSR count). The number of aromatic amines is 1. The Hall–Kier alpha value is -2.13. The summed E-state index contributed by atoms with van der Waals surface area (Å²) < 4.78 is 11.2. The molecule has 1 aromatic carbocycles. The zero-order valence-corrected chi connectivity index (χ0v) is 13.0. The molecule has 1 aliphatic rings. The van der Waals surface area contributed by atoms with Crippen LogP contribution in [0.25, 0.3) is 10.9 Å². The van der Waals surface area contributed by atoms with Crippen LogP contribution in [0.15, 0.2) is 30.3 Å². The van der Waals surface area contributed by atoms with Gasteiger partial charge in [-0.2, -0.15) is 0 Å². The molecule has 2 aromatic rings. The van der Waals surface area contributed by atoms with Crippen LogP contribution in [-0.4, -0.2) is 63.5 Å². The van der Waals surface area contributed by atoms with Gasteiger partial charge < -0.3 is 35.1 Å². The molecule has 0 spiro atoms. The Bertz CT molecular complexity index is 684. The first-order chi connectivity index (χ1) is 11.5. The molecule has 0 radical (unpaired) electrons. The number of aromatic nitrogens is 1. The molecule has 1 fully saturated rings. The lowest BCUT2D eigenvalue weighted by molar-refractivity contribution is -0.245. The summed E-state index contributed by atoms with van der Waals surface area (Å²) in [6.07, 6.45) is -4.76. The summed E-state index contributed by atoms with van der Waals surface area (Å²) in [6.45, 7) is 0.800. The summed E-state index contributed by atoms with van der Waals surface area (Å²) in [7, 11) is 0. The first kappa shape index (κ1) is 16.7. The molecular weight excluding hydrogens is 316 g/mol. The largest absolute Gasteiger partial charge is 0.447 e. The average Bonchev–Trinajstić information content (AvgIpc) is 2.96. The molecule has 0 saturated carbocycles. The van der Waals surface area contributed by atoms with Gasteiger partial charge in [0.25, 0.3) is 0 Å². The molecule has 0 bridgehead atoms. The first-order valence-corrected chi connectivity index (χ1v) is 7.63. The number of carbonyl (C=O) groups excluding carboxylic acids is 1. The van der Waals surface area contributed by atoms with Gasteiger partial charge in [0, 0.05) is 23.9 Å². The number of aliphatic hydroxyl groups excluding tert-OH is 3. The molecule has 5 atom stereocenters. The van der Waals surface area contributed by atoms with Crippen LogP contribution in [0.2, 0.25) is 0 Å². The Balaban J connectivity index is 1.84. The molecule has 0 unspecified atom stereocenters. The summed E-state index contributed by atoms with van der Waals surface area (Å²) in [5.41, 5.74) is 0.860. The number of rotatable bonds is 4. The second-order valence-corrected chi connectivity index (χ2v) is 5.77. The maximum absolute atomic E-state index is 11.4. The van der Waals surface area contributed by atoms with Crippen molar-refractivity contribution in [3.8, 4) is 5.88 Å². The van der Waals surface area contributed by atoms with Crippen molar-refractivity contribution in [3.05, 3.63) is 30.3 Å². The molecule has 5 N–H and O–H groups in total. The monoisotopic (exact) mass is 336 g/mol. The fourth-order valence-electron chi connectivity index (χ4n) is 2.81. The van der Waals surface area contributed by atoms with Crippen LogP contribution in [0.1, 0.15) is 6.92 Å². The van der Waals surface area contributed by atoms with Crippen molar-refractivity contribution in [3.63, 3.8) is 0 Å². The van der Waals surface area contributed by atoms with Gasteiger partial charge in [-0.15, -0.1) is 0 Å². The van der Waals surface area contributed by atoms with Gasteiger partial charge in [-0.25, -0.2) is 0 Å². The number of fused-ring (bicyclic) bond motifs is 1. The van der Waals surface area contributed by atoms with Crippen LogP contribution in [0.3, 0.4) is 0 Å². The van der Waals surface area contributed by atoms with E-state index in [0.717, 1.165) is 10.9 Å². The van der Waals surface area contributed by atoms with Gasteiger partial charge in [-0.3, -0.25) is 4.79 Å². The lowest BCUT2D eigenvalue weighted by Gasteiger charge is -2.41. The van der Waals surface area contributed by atoms with E-state index in [1.54, 1.807) is 6.07 Å². The molecule has 2 heterocycles. The average molecular weight is 336 g/mol. The van der Waals surface area contributed by atoms with Crippen molar-refractivity contribution in [1.82, 2.24) is 10.3 Å². The quantitative estimate of drug-likeness (QED) is 0.512. The zero-order valence-electron chi connectivity index (χ0n) is 13.0. The highest BCUT2D eigenvalue weighted by atomic mass is 16.7. The molecule has 1 aromatic heterocycles. The second-order valence-electron chi connectivity index (χ2n) is 5.77. The van der Waals surface area contributed by atoms with Crippen LogP contribution in [0.5, 0.6) is 5.88 Å². The minimum atomic E-state index is -1.34. The molecule has 8 nitrogen and oxygen atoms in total. The number of para-hydroxylation sites is 1. The maximum Gasteiger partial charge on any atom is 0.225 e. The van der Waals surface area contributed by atoms with Gasteiger partial charge in [0.05, 0.1) is 6.61 Å². The molecular formula is C16H20N2O6. The van der Waals surface area contributed by atoms with E-state index in [0.29, 0.717) is 5.88 Å². The summed E-state index contributed by atoms with van der Waals surface area (Å²) in [4.78, 5) is 14.4. The summed E-state index contributed by atoms with van der Waals surface area (Å²) in [6, 6.07) is 8.33. The Kier molecular flexibility index (Phi) is 4.72. The van der Waals surface area contributed by atoms with Gasteiger partial charge >= 0.3 is 0 Å². The van der Waals surface area contributed by atoms with Gasteiger partial charge in [0.1, 0.15) is 24.4 Å². The van der Waals surface area contributed by atoms with E-state index in [1.165, 1.54) is 6.92 Å². The highest BCUT2D eigenvalue weighted by molar-refractivity contribution is 5.81. The zero-order chi connectivity index (χ0) is 17.3. The van der Waals surface area contributed by atoms with E-state index in [2.05, 4.69) is 10.3 Å². The number of amides is 1. The highest BCUT2D eigenvalue weighted by Crippen LogP contribution is 2.26. The second kappa shape index (κ2) is 6.78. The van der Waals surface area contributed by atoms with Gasteiger partial charge in [0.2, 0.25) is 12.2 Å². The predicted octanol–water partition coefficient (Wildman–Crippen LogP) is -0.510. The van der Waals surface area contributed by atoms with Gasteiger partial charge in [-0.1, -0.05) is 18.2 Å². The van der Waals surface area contributed by atoms with Crippen LogP contribution >= 0.6 is 0 Å². The topological polar surface area (TPSA) is 124 Å². The number of benzene rings is 1. The molecule has 1 aliphatic heterocycles. The summed E-state index contributed by atoms with van der Waals surface area (Å²) in [5, 5.41) is 32.9. The number of hydrogen-bond acceptors (Lipinski definition) is 6. The SMILES string of the molecule is CC(=O)N[C@H]1[C@H](Oc2cc3ccccc3[nH]2)O[C@H](CO)[C@@H](O)[C@@H]1O. The van der Waals surface area contributed by atoms with Crippen LogP contribution < -0.4 is 10.1 Å². The lowest BCUT2D eigenvalue weighted by atomic mass is 9.97. The highest BCUT2D eigenvalue weighted by Gasteiger charge is 2.46.